The summed E-state index contributed by atoms with van der Waals surface area (Å²) in [5, 5.41) is 2.48. The number of amides is 6. The second kappa shape index (κ2) is 7.46. The zero-order valence-electron chi connectivity index (χ0n) is 12.7. The highest BCUT2D eigenvalue weighted by molar-refractivity contribution is 5.98. The molecule has 8 heteroatoms. The van der Waals surface area contributed by atoms with Crippen molar-refractivity contribution in [2.75, 3.05) is 28.2 Å². The van der Waals surface area contributed by atoms with Crippen molar-refractivity contribution in [2.45, 2.75) is 19.9 Å². The predicted molar refractivity (Wildman–Crippen MR) is 72.8 cm³/mol. The Balaban J connectivity index is 5.11. The van der Waals surface area contributed by atoms with Crippen LogP contribution in [-0.4, -0.2) is 73.3 Å². The fraction of sp³-hybridized carbons (Fsp3) is 0.667. The van der Waals surface area contributed by atoms with Crippen molar-refractivity contribution < 1.29 is 19.2 Å². The summed E-state index contributed by atoms with van der Waals surface area (Å²) in [5.41, 5.74) is 0. The number of carbonyl (C=O) groups excluding carboxylic acids is 4. The number of nitrogens with one attached hydrogen (secondary N) is 1. The van der Waals surface area contributed by atoms with E-state index >= 15 is 0 Å². The normalized spacial score (nSPS) is 11.6. The smallest absolute Gasteiger partial charge is 0.334 e. The molecule has 0 aromatic rings. The van der Waals surface area contributed by atoms with Crippen LogP contribution in [0.25, 0.3) is 0 Å². The molecule has 6 amide bonds. The monoisotopic (exact) mass is 286 g/mol. The molecule has 0 rings (SSSR count). The van der Waals surface area contributed by atoms with Crippen LogP contribution in [0.4, 0.5) is 9.59 Å². The first-order chi connectivity index (χ1) is 9.18. The van der Waals surface area contributed by atoms with E-state index in [1.165, 1.54) is 33.1 Å². The summed E-state index contributed by atoms with van der Waals surface area (Å²) in [6.07, 6.45) is 0.310. The third kappa shape index (κ3) is 3.94. The summed E-state index contributed by atoms with van der Waals surface area (Å²) in [5.74, 6) is -0.448. The lowest BCUT2D eigenvalue weighted by atomic mass is 10.0. The topological polar surface area (TPSA) is 90.0 Å². The van der Waals surface area contributed by atoms with Gasteiger partial charge in [-0.05, 0) is 5.92 Å². The van der Waals surface area contributed by atoms with E-state index in [0.29, 0.717) is 6.41 Å². The molecule has 0 aliphatic rings. The van der Waals surface area contributed by atoms with E-state index in [1.54, 1.807) is 13.8 Å². The third-order valence-corrected chi connectivity index (χ3v) is 2.90. The van der Waals surface area contributed by atoms with Gasteiger partial charge in [0.1, 0.15) is 6.04 Å². The van der Waals surface area contributed by atoms with Gasteiger partial charge in [-0.15, -0.1) is 0 Å². The number of carbonyl (C=O) groups is 4. The summed E-state index contributed by atoms with van der Waals surface area (Å²) in [4.78, 5) is 49.0. The fourth-order valence-electron chi connectivity index (χ4n) is 1.79. The second-order valence-corrected chi connectivity index (χ2v) is 4.75. The SMILES string of the molecule is CNC(=O)[C@H](C(C)C)N(C)C(=O)N(C)C(=O)N(C)C=O. The van der Waals surface area contributed by atoms with Crippen LogP contribution in [-0.2, 0) is 9.59 Å². The number of urea groups is 2. The molecule has 0 bridgehead atoms. The molecule has 0 radical (unpaired) electrons. The minimum atomic E-state index is -0.767. The van der Waals surface area contributed by atoms with Crippen LogP contribution in [0.1, 0.15) is 13.8 Å². The van der Waals surface area contributed by atoms with Crippen LogP contribution < -0.4 is 5.32 Å². The molecule has 1 atom stereocenters. The summed E-state index contributed by atoms with van der Waals surface area (Å²) < 4.78 is 0. The number of nitrogens with zero attached hydrogens (tertiary/aromatic N) is 3. The maximum absolute atomic E-state index is 12.2. The first-order valence-electron chi connectivity index (χ1n) is 6.13. The molecule has 20 heavy (non-hydrogen) atoms. The average molecular weight is 286 g/mol. The van der Waals surface area contributed by atoms with Gasteiger partial charge in [-0.25, -0.2) is 14.5 Å². The number of hydrogen-bond acceptors (Lipinski definition) is 4. The Morgan fingerprint density at radius 2 is 1.55 bits per heavy atom. The first kappa shape index (κ1) is 17.9. The van der Waals surface area contributed by atoms with Crippen LogP contribution in [0.15, 0.2) is 0 Å². The molecule has 0 aromatic carbocycles. The zero-order valence-corrected chi connectivity index (χ0v) is 12.7. The number of rotatable bonds is 4. The molecule has 0 aromatic heterocycles. The van der Waals surface area contributed by atoms with Crippen LogP contribution in [0.2, 0.25) is 0 Å². The van der Waals surface area contributed by atoms with E-state index < -0.39 is 18.1 Å². The Morgan fingerprint density at radius 1 is 1.05 bits per heavy atom. The average Bonchev–Trinajstić information content (AvgIpc) is 2.43. The maximum Gasteiger partial charge on any atom is 0.334 e. The molecular formula is C12H22N4O4. The van der Waals surface area contributed by atoms with Crippen LogP contribution in [0, 0.1) is 5.92 Å². The Bertz CT molecular complexity index is 397. The van der Waals surface area contributed by atoms with Gasteiger partial charge in [0.05, 0.1) is 0 Å². The second-order valence-electron chi connectivity index (χ2n) is 4.75. The number of likely N-dealkylation sites (N-methyl/N-ethyl adjacent to an activating group) is 2. The first-order valence-corrected chi connectivity index (χ1v) is 6.13. The van der Waals surface area contributed by atoms with Gasteiger partial charge < -0.3 is 10.2 Å². The van der Waals surface area contributed by atoms with Gasteiger partial charge in [-0.3, -0.25) is 14.5 Å². The summed E-state index contributed by atoms with van der Waals surface area (Å²) >= 11 is 0. The van der Waals surface area contributed by atoms with Gasteiger partial charge in [0.15, 0.2) is 0 Å². The van der Waals surface area contributed by atoms with Crippen molar-refractivity contribution in [1.82, 2.24) is 20.0 Å². The van der Waals surface area contributed by atoms with Gasteiger partial charge in [0.25, 0.3) is 0 Å². The lowest BCUT2D eigenvalue weighted by Crippen LogP contribution is -2.55. The highest BCUT2D eigenvalue weighted by atomic mass is 16.2. The molecule has 0 aliphatic heterocycles. The Hall–Kier alpha value is -2.12. The van der Waals surface area contributed by atoms with E-state index in [-0.39, 0.29) is 11.8 Å². The lowest BCUT2D eigenvalue weighted by molar-refractivity contribution is -0.126. The summed E-state index contributed by atoms with van der Waals surface area (Å²) in [6.45, 7) is 3.59. The maximum atomic E-state index is 12.2. The predicted octanol–water partition coefficient (Wildman–Crippen LogP) is -0.0512. The fourth-order valence-corrected chi connectivity index (χ4v) is 1.79. The van der Waals surface area contributed by atoms with Crippen molar-refractivity contribution in [3.8, 4) is 0 Å². The van der Waals surface area contributed by atoms with Crippen molar-refractivity contribution in [1.29, 1.82) is 0 Å². The molecule has 0 saturated heterocycles. The standard InChI is InChI=1S/C12H22N4O4/c1-8(2)9(10(18)13-3)15(5)12(20)16(6)11(19)14(4)7-17/h7-9H,1-6H3,(H,13,18)/t9-/m0/s1. The van der Waals surface area contributed by atoms with E-state index in [9.17, 15) is 19.2 Å². The molecule has 0 unspecified atom stereocenters. The molecule has 0 heterocycles. The molecule has 0 fully saturated rings. The highest BCUT2D eigenvalue weighted by Crippen LogP contribution is 2.12. The Morgan fingerprint density at radius 3 is 1.90 bits per heavy atom. The van der Waals surface area contributed by atoms with Crippen LogP contribution in [0.3, 0.4) is 0 Å². The number of hydrogen-bond donors (Lipinski definition) is 1. The van der Waals surface area contributed by atoms with E-state index in [4.69, 9.17) is 0 Å². The molecular weight excluding hydrogens is 264 g/mol. The number of imide groups is 2. The molecule has 0 spiro atoms. The van der Waals surface area contributed by atoms with Gasteiger partial charge in [0.2, 0.25) is 12.3 Å². The lowest BCUT2D eigenvalue weighted by Gasteiger charge is -2.32. The molecule has 1 N–H and O–H groups in total. The van der Waals surface area contributed by atoms with Crippen LogP contribution in [0.5, 0.6) is 0 Å². The van der Waals surface area contributed by atoms with E-state index in [1.807, 2.05) is 0 Å². The Labute approximate surface area is 118 Å². The molecule has 0 aliphatic carbocycles. The van der Waals surface area contributed by atoms with Crippen molar-refractivity contribution in [3.05, 3.63) is 0 Å². The third-order valence-electron chi connectivity index (χ3n) is 2.90. The quantitative estimate of drug-likeness (QED) is 0.734. The van der Waals surface area contributed by atoms with Gasteiger partial charge in [0, 0.05) is 28.2 Å². The summed E-state index contributed by atoms with van der Waals surface area (Å²) in [6, 6.07) is -2.13. The van der Waals surface area contributed by atoms with Crippen molar-refractivity contribution in [3.63, 3.8) is 0 Å². The van der Waals surface area contributed by atoms with E-state index in [0.717, 1.165) is 9.80 Å². The molecule has 114 valence electrons. The van der Waals surface area contributed by atoms with Gasteiger partial charge in [-0.2, -0.15) is 0 Å². The minimum Gasteiger partial charge on any atom is -0.357 e. The Kier molecular flexibility index (Phi) is 6.67. The van der Waals surface area contributed by atoms with Gasteiger partial charge in [-0.1, -0.05) is 13.8 Å². The molecule has 8 nitrogen and oxygen atoms in total. The highest BCUT2D eigenvalue weighted by Gasteiger charge is 2.33. The summed E-state index contributed by atoms with van der Waals surface area (Å²) in [7, 11) is 5.41. The van der Waals surface area contributed by atoms with Crippen molar-refractivity contribution >= 4 is 24.4 Å². The minimum absolute atomic E-state index is 0.129. The van der Waals surface area contributed by atoms with Crippen molar-refractivity contribution in [2.24, 2.45) is 5.92 Å². The van der Waals surface area contributed by atoms with Crippen LogP contribution >= 0.6 is 0 Å². The zero-order chi connectivity index (χ0) is 16.0. The molecule has 0 saturated carbocycles. The van der Waals surface area contributed by atoms with E-state index in [2.05, 4.69) is 5.32 Å². The largest absolute Gasteiger partial charge is 0.357 e. The van der Waals surface area contributed by atoms with Gasteiger partial charge >= 0.3 is 12.1 Å².